The minimum absolute atomic E-state index is 0.0343. The van der Waals surface area contributed by atoms with Crippen LogP contribution in [-0.4, -0.2) is 61.3 Å². The highest BCUT2D eigenvalue weighted by atomic mass is 16.5. The third-order valence-electron chi connectivity index (χ3n) is 4.39. The first-order chi connectivity index (χ1) is 9.53. The first-order valence-electron chi connectivity index (χ1n) is 7.25. The van der Waals surface area contributed by atoms with Gasteiger partial charge in [0.15, 0.2) is 0 Å². The summed E-state index contributed by atoms with van der Waals surface area (Å²) in [6.45, 7) is 5.61. The molecule has 0 aliphatic carbocycles. The van der Waals surface area contributed by atoms with Gasteiger partial charge in [-0.05, 0) is 13.3 Å². The maximum atomic E-state index is 12.3. The second kappa shape index (κ2) is 6.20. The van der Waals surface area contributed by atoms with Crippen molar-refractivity contribution in [3.05, 3.63) is 0 Å². The Balaban J connectivity index is 1.94. The van der Waals surface area contributed by atoms with Crippen molar-refractivity contribution in [3.8, 4) is 0 Å². The molecule has 2 rings (SSSR count). The van der Waals surface area contributed by atoms with Gasteiger partial charge in [-0.25, -0.2) is 0 Å². The van der Waals surface area contributed by atoms with Crippen LogP contribution in [0.15, 0.2) is 0 Å². The maximum absolute atomic E-state index is 12.3. The smallest absolute Gasteiger partial charge is 0.247 e. The molecule has 0 bridgehead atoms. The molecule has 3 unspecified atom stereocenters. The zero-order chi connectivity index (χ0) is 14.8. The standard InChI is InChI=1S/C14H24N2O4/c1-4-10(2)16-12(17)7-11(13(16)18)15-8-14(19-3)5-6-20-9-14/h10-11,15H,4-9H2,1-3H3. The largest absolute Gasteiger partial charge is 0.378 e. The summed E-state index contributed by atoms with van der Waals surface area (Å²) in [5, 5.41) is 3.19. The van der Waals surface area contributed by atoms with Crippen molar-refractivity contribution in [1.82, 2.24) is 10.2 Å². The molecule has 6 nitrogen and oxygen atoms in total. The molecule has 2 aliphatic rings. The van der Waals surface area contributed by atoms with Crippen LogP contribution < -0.4 is 5.32 Å². The van der Waals surface area contributed by atoms with Gasteiger partial charge in [-0.1, -0.05) is 6.92 Å². The molecule has 20 heavy (non-hydrogen) atoms. The summed E-state index contributed by atoms with van der Waals surface area (Å²) < 4.78 is 10.9. The Morgan fingerprint density at radius 2 is 2.30 bits per heavy atom. The highest BCUT2D eigenvalue weighted by Crippen LogP contribution is 2.23. The summed E-state index contributed by atoms with van der Waals surface area (Å²) >= 11 is 0. The van der Waals surface area contributed by atoms with Crippen LogP contribution in [0, 0.1) is 0 Å². The summed E-state index contributed by atoms with van der Waals surface area (Å²) in [5.41, 5.74) is -0.368. The number of hydrogen-bond donors (Lipinski definition) is 1. The van der Waals surface area contributed by atoms with Crippen LogP contribution in [0.5, 0.6) is 0 Å². The van der Waals surface area contributed by atoms with E-state index in [1.807, 2.05) is 13.8 Å². The number of amides is 2. The van der Waals surface area contributed by atoms with Crippen LogP contribution in [0.1, 0.15) is 33.1 Å². The number of nitrogens with one attached hydrogen (secondary N) is 1. The zero-order valence-corrected chi connectivity index (χ0v) is 12.5. The molecule has 2 amide bonds. The van der Waals surface area contributed by atoms with Gasteiger partial charge >= 0.3 is 0 Å². The number of hydrogen-bond acceptors (Lipinski definition) is 5. The molecule has 0 saturated carbocycles. The van der Waals surface area contributed by atoms with E-state index in [0.717, 1.165) is 12.8 Å². The molecule has 2 heterocycles. The van der Waals surface area contributed by atoms with E-state index < -0.39 is 6.04 Å². The molecule has 0 aromatic rings. The molecule has 2 fully saturated rings. The van der Waals surface area contributed by atoms with E-state index in [0.29, 0.717) is 19.8 Å². The molecule has 2 saturated heterocycles. The molecule has 3 atom stereocenters. The Bertz CT molecular complexity index is 379. The fourth-order valence-electron chi connectivity index (χ4n) is 2.73. The Kier molecular flexibility index (Phi) is 4.78. The van der Waals surface area contributed by atoms with Crippen LogP contribution in [0.4, 0.5) is 0 Å². The lowest BCUT2D eigenvalue weighted by Crippen LogP contribution is -2.49. The first-order valence-corrected chi connectivity index (χ1v) is 7.25. The summed E-state index contributed by atoms with van der Waals surface area (Å²) in [7, 11) is 1.66. The molecule has 0 radical (unpaired) electrons. The summed E-state index contributed by atoms with van der Waals surface area (Å²) in [4.78, 5) is 25.6. The number of ether oxygens (including phenoxy) is 2. The van der Waals surface area contributed by atoms with Crippen LogP contribution in [0.25, 0.3) is 0 Å². The fourth-order valence-corrected chi connectivity index (χ4v) is 2.73. The number of methoxy groups -OCH3 is 1. The molecule has 1 N–H and O–H groups in total. The van der Waals surface area contributed by atoms with E-state index >= 15 is 0 Å². The van der Waals surface area contributed by atoms with Crippen LogP contribution in [0.3, 0.4) is 0 Å². The summed E-state index contributed by atoms with van der Waals surface area (Å²) in [6, 6.07) is -0.461. The van der Waals surface area contributed by atoms with Gasteiger partial charge < -0.3 is 14.8 Å². The highest BCUT2D eigenvalue weighted by Gasteiger charge is 2.42. The van der Waals surface area contributed by atoms with E-state index in [9.17, 15) is 9.59 Å². The van der Waals surface area contributed by atoms with Crippen molar-refractivity contribution >= 4 is 11.8 Å². The average Bonchev–Trinajstić information content (AvgIpc) is 3.02. The summed E-state index contributed by atoms with van der Waals surface area (Å²) in [5.74, 6) is -0.203. The SMILES string of the molecule is CCC(C)N1C(=O)CC(NCC2(OC)CCOC2)C1=O. The zero-order valence-electron chi connectivity index (χ0n) is 12.5. The second-order valence-corrected chi connectivity index (χ2v) is 5.69. The Morgan fingerprint density at radius 1 is 1.55 bits per heavy atom. The lowest BCUT2D eigenvalue weighted by Gasteiger charge is -2.27. The van der Waals surface area contributed by atoms with E-state index in [1.54, 1.807) is 7.11 Å². The predicted octanol–water partition coefficient (Wildman–Crippen LogP) is 0.308. The quantitative estimate of drug-likeness (QED) is 0.711. The Morgan fingerprint density at radius 3 is 2.85 bits per heavy atom. The van der Waals surface area contributed by atoms with Gasteiger partial charge in [0.25, 0.3) is 0 Å². The minimum atomic E-state index is -0.427. The molecule has 0 aromatic heterocycles. The van der Waals surface area contributed by atoms with E-state index in [1.165, 1.54) is 4.90 Å². The molecular formula is C14H24N2O4. The van der Waals surface area contributed by atoms with Crippen molar-refractivity contribution in [1.29, 1.82) is 0 Å². The molecule has 6 heteroatoms. The second-order valence-electron chi connectivity index (χ2n) is 5.69. The van der Waals surface area contributed by atoms with Crippen molar-refractivity contribution in [3.63, 3.8) is 0 Å². The monoisotopic (exact) mass is 284 g/mol. The van der Waals surface area contributed by atoms with Crippen molar-refractivity contribution in [2.75, 3.05) is 26.9 Å². The molecular weight excluding hydrogens is 260 g/mol. The fraction of sp³-hybridized carbons (Fsp3) is 0.857. The van der Waals surface area contributed by atoms with Gasteiger partial charge in [-0.2, -0.15) is 0 Å². The number of imide groups is 1. The predicted molar refractivity (Wildman–Crippen MR) is 73.2 cm³/mol. The van der Waals surface area contributed by atoms with Gasteiger partial charge in [0, 0.05) is 32.7 Å². The van der Waals surface area contributed by atoms with E-state index in [-0.39, 0.29) is 29.9 Å². The van der Waals surface area contributed by atoms with Crippen molar-refractivity contribution < 1.29 is 19.1 Å². The number of carbonyl (C=O) groups is 2. The highest BCUT2D eigenvalue weighted by molar-refractivity contribution is 6.05. The first kappa shape index (κ1) is 15.4. The number of nitrogens with zero attached hydrogens (tertiary/aromatic N) is 1. The lowest BCUT2D eigenvalue weighted by molar-refractivity contribution is -0.141. The van der Waals surface area contributed by atoms with Gasteiger partial charge in [-0.3, -0.25) is 14.5 Å². The maximum Gasteiger partial charge on any atom is 0.247 e. The number of likely N-dealkylation sites (tertiary alicyclic amines) is 1. The Labute approximate surface area is 119 Å². The van der Waals surface area contributed by atoms with Crippen LogP contribution in [-0.2, 0) is 19.1 Å². The number of carbonyl (C=O) groups excluding carboxylic acids is 2. The van der Waals surface area contributed by atoms with Crippen molar-refractivity contribution in [2.45, 2.75) is 50.8 Å². The van der Waals surface area contributed by atoms with Gasteiger partial charge in [0.05, 0.1) is 19.1 Å². The third kappa shape index (κ3) is 2.87. The molecule has 0 spiro atoms. The van der Waals surface area contributed by atoms with E-state index in [4.69, 9.17) is 9.47 Å². The third-order valence-corrected chi connectivity index (χ3v) is 4.39. The lowest BCUT2D eigenvalue weighted by atomic mass is 10.0. The Hall–Kier alpha value is -0.980. The van der Waals surface area contributed by atoms with Crippen LogP contribution in [0.2, 0.25) is 0 Å². The van der Waals surface area contributed by atoms with Gasteiger partial charge in [-0.15, -0.1) is 0 Å². The average molecular weight is 284 g/mol. The minimum Gasteiger partial charge on any atom is -0.378 e. The topological polar surface area (TPSA) is 67.9 Å². The van der Waals surface area contributed by atoms with Gasteiger partial charge in [0.1, 0.15) is 5.60 Å². The summed E-state index contributed by atoms with van der Waals surface area (Å²) in [6.07, 6.45) is 1.82. The van der Waals surface area contributed by atoms with E-state index in [2.05, 4.69) is 5.32 Å². The molecule has 0 aromatic carbocycles. The number of rotatable bonds is 6. The molecule has 2 aliphatic heterocycles. The molecule has 114 valence electrons. The normalized spacial score (nSPS) is 32.1. The van der Waals surface area contributed by atoms with Crippen LogP contribution >= 0.6 is 0 Å². The van der Waals surface area contributed by atoms with Crippen molar-refractivity contribution in [2.24, 2.45) is 0 Å². The van der Waals surface area contributed by atoms with Gasteiger partial charge in [0.2, 0.25) is 11.8 Å².